The number of amides is 1. The fraction of sp³-hybridized carbons (Fsp3) is 0.267. The van der Waals surface area contributed by atoms with Gasteiger partial charge in [0.1, 0.15) is 10.8 Å². The summed E-state index contributed by atoms with van der Waals surface area (Å²) in [6, 6.07) is 13.1. The van der Waals surface area contributed by atoms with Crippen molar-refractivity contribution in [2.75, 3.05) is 19.1 Å². The van der Waals surface area contributed by atoms with Crippen LogP contribution in [0.2, 0.25) is 15.1 Å². The van der Waals surface area contributed by atoms with E-state index in [-0.39, 0.29) is 38.1 Å². The lowest BCUT2D eigenvalue weighted by Gasteiger charge is -2.27. The van der Waals surface area contributed by atoms with E-state index in [1.807, 2.05) is 31.2 Å². The lowest BCUT2D eigenvalue weighted by molar-refractivity contribution is -0.132. The maximum Gasteiger partial charge on any atom is 0.300 e. The highest BCUT2D eigenvalue weighted by atomic mass is 35.5. The van der Waals surface area contributed by atoms with Gasteiger partial charge in [0.15, 0.2) is 11.5 Å². The third-order valence-corrected chi connectivity index (χ3v) is 7.80. The summed E-state index contributed by atoms with van der Waals surface area (Å²) < 4.78 is 10.7. The van der Waals surface area contributed by atoms with Crippen LogP contribution >= 0.6 is 34.8 Å². The van der Waals surface area contributed by atoms with E-state index in [1.54, 1.807) is 18.2 Å². The topological polar surface area (TPSA) is 76.1 Å². The zero-order valence-electron chi connectivity index (χ0n) is 22.4. The molecule has 1 aliphatic heterocycles. The van der Waals surface area contributed by atoms with Crippen LogP contribution in [0.25, 0.3) is 5.76 Å². The van der Waals surface area contributed by atoms with Crippen molar-refractivity contribution in [3.63, 3.8) is 0 Å². The monoisotopic (exact) mass is 587 g/mol. The van der Waals surface area contributed by atoms with Crippen LogP contribution in [0.4, 0.5) is 5.69 Å². The van der Waals surface area contributed by atoms with Crippen molar-refractivity contribution in [1.29, 1.82) is 0 Å². The zero-order valence-corrected chi connectivity index (χ0v) is 24.6. The van der Waals surface area contributed by atoms with Crippen molar-refractivity contribution >= 4 is 57.9 Å². The van der Waals surface area contributed by atoms with E-state index < -0.39 is 23.5 Å². The second-order valence-corrected chi connectivity index (χ2v) is 11.5. The average Bonchev–Trinajstić information content (AvgIpc) is 3.15. The first kappa shape index (κ1) is 28.8. The summed E-state index contributed by atoms with van der Waals surface area (Å²) in [5.41, 5.74) is 2.70. The number of carbonyl (C=O) groups is 2. The molecule has 0 saturated carbocycles. The minimum atomic E-state index is -0.970. The number of methoxy groups -OCH3 is 2. The third kappa shape index (κ3) is 5.09. The van der Waals surface area contributed by atoms with Crippen LogP contribution in [0, 0.1) is 6.92 Å². The number of aliphatic hydroxyl groups is 1. The Hall–Kier alpha value is -3.19. The van der Waals surface area contributed by atoms with Crippen molar-refractivity contribution in [2.24, 2.45) is 0 Å². The lowest BCUT2D eigenvalue weighted by Crippen LogP contribution is -2.29. The quantitative estimate of drug-likeness (QED) is 0.186. The number of ether oxygens (including phenoxy) is 2. The summed E-state index contributed by atoms with van der Waals surface area (Å²) >= 11 is 19.2. The smallest absolute Gasteiger partial charge is 0.300 e. The van der Waals surface area contributed by atoms with Crippen molar-refractivity contribution < 1.29 is 24.2 Å². The minimum absolute atomic E-state index is 0.0136. The Balaban J connectivity index is 2.02. The van der Waals surface area contributed by atoms with E-state index in [2.05, 4.69) is 20.8 Å². The molecule has 9 heteroatoms. The number of carbonyl (C=O) groups excluding carboxylic acids is 2. The number of rotatable bonds is 5. The van der Waals surface area contributed by atoms with E-state index >= 15 is 0 Å². The van der Waals surface area contributed by atoms with Gasteiger partial charge in [0.2, 0.25) is 0 Å². The van der Waals surface area contributed by atoms with Gasteiger partial charge in [0.05, 0.1) is 36.4 Å². The summed E-state index contributed by atoms with van der Waals surface area (Å²) in [5.74, 6) is -1.98. The Morgan fingerprint density at radius 2 is 1.51 bits per heavy atom. The fourth-order valence-corrected chi connectivity index (χ4v) is 5.46. The van der Waals surface area contributed by atoms with E-state index in [4.69, 9.17) is 44.3 Å². The fourth-order valence-electron chi connectivity index (χ4n) is 4.60. The average molecular weight is 589 g/mol. The first-order valence-electron chi connectivity index (χ1n) is 12.1. The number of hydrogen-bond donors (Lipinski definition) is 1. The molecule has 1 saturated heterocycles. The van der Waals surface area contributed by atoms with E-state index in [0.717, 1.165) is 11.1 Å². The maximum atomic E-state index is 13.6. The van der Waals surface area contributed by atoms with E-state index in [1.165, 1.54) is 25.2 Å². The van der Waals surface area contributed by atoms with Crippen LogP contribution in [-0.2, 0) is 15.0 Å². The van der Waals surface area contributed by atoms with Crippen LogP contribution in [0.3, 0.4) is 0 Å². The molecule has 1 aliphatic rings. The maximum absolute atomic E-state index is 13.6. The molecule has 0 spiro atoms. The lowest BCUT2D eigenvalue weighted by atomic mass is 9.85. The second kappa shape index (κ2) is 10.8. The van der Waals surface area contributed by atoms with Crippen molar-refractivity contribution in [3.05, 3.63) is 91.4 Å². The molecule has 1 fully saturated rings. The van der Waals surface area contributed by atoms with Crippen molar-refractivity contribution in [3.8, 4) is 11.5 Å². The highest BCUT2D eigenvalue weighted by Crippen LogP contribution is 2.48. The number of Topliss-reactive ketones (excluding diaryl/α,β-unsaturated/α-hetero) is 1. The van der Waals surface area contributed by atoms with Gasteiger partial charge in [0.25, 0.3) is 11.7 Å². The van der Waals surface area contributed by atoms with Crippen LogP contribution in [0.15, 0.2) is 54.1 Å². The van der Waals surface area contributed by atoms with Crippen LogP contribution in [-0.4, -0.2) is 31.0 Å². The molecule has 3 aromatic rings. The van der Waals surface area contributed by atoms with Crippen LogP contribution in [0.1, 0.15) is 49.1 Å². The number of halogens is 3. The molecular weight excluding hydrogens is 561 g/mol. The minimum Gasteiger partial charge on any atom is -0.507 e. The standard InChI is InChI=1S/C30H28Cl3NO5/c1-15-7-12-18(13-20(15)31)34-24(16-8-10-17(11-9-16)30(2,3)4)22(26(36)29(34)37)25(35)19-14-21(32)28(39-6)23(33)27(19)38-5/h7-14,24,35H,1-6H3/b25-22+. The predicted molar refractivity (Wildman–Crippen MR) is 156 cm³/mol. The molecule has 3 aromatic carbocycles. The van der Waals surface area contributed by atoms with Gasteiger partial charge in [-0.1, -0.05) is 85.9 Å². The number of ketones is 1. The number of nitrogens with zero attached hydrogens (tertiary/aromatic N) is 1. The van der Waals surface area contributed by atoms with Crippen molar-refractivity contribution in [1.82, 2.24) is 0 Å². The van der Waals surface area contributed by atoms with Gasteiger partial charge in [-0.3, -0.25) is 14.5 Å². The Bertz CT molecular complexity index is 1510. The molecule has 0 bridgehead atoms. The molecular formula is C30H28Cl3NO5. The number of benzene rings is 3. The zero-order chi connectivity index (χ0) is 28.8. The largest absolute Gasteiger partial charge is 0.507 e. The normalized spacial score (nSPS) is 17.1. The molecule has 0 radical (unpaired) electrons. The molecule has 1 atom stereocenters. The summed E-state index contributed by atoms with van der Waals surface area (Å²) in [5, 5.41) is 12.2. The van der Waals surface area contributed by atoms with Crippen LogP contribution in [0.5, 0.6) is 11.5 Å². The SMILES string of the molecule is COc1c(Cl)cc(/C(O)=C2\C(=O)C(=O)N(c3ccc(C)c(Cl)c3)C2c2ccc(C(C)(C)C)cc2)c(OC)c1Cl. The number of anilines is 1. The second-order valence-electron chi connectivity index (χ2n) is 10.3. The highest BCUT2D eigenvalue weighted by Gasteiger charge is 2.47. The highest BCUT2D eigenvalue weighted by molar-refractivity contribution is 6.52. The molecule has 1 unspecified atom stereocenters. The van der Waals surface area contributed by atoms with Gasteiger partial charge in [0, 0.05) is 10.7 Å². The Labute approximate surface area is 242 Å². The van der Waals surface area contributed by atoms with Crippen LogP contribution < -0.4 is 14.4 Å². The van der Waals surface area contributed by atoms with Gasteiger partial charge in [-0.25, -0.2) is 0 Å². The van der Waals surface area contributed by atoms with E-state index in [0.29, 0.717) is 16.3 Å². The first-order chi connectivity index (χ1) is 18.3. The third-order valence-electron chi connectivity index (χ3n) is 6.77. The molecule has 0 aromatic heterocycles. The Morgan fingerprint density at radius 3 is 2.05 bits per heavy atom. The van der Waals surface area contributed by atoms with Gasteiger partial charge in [-0.15, -0.1) is 0 Å². The molecule has 4 rings (SSSR count). The molecule has 204 valence electrons. The molecule has 1 amide bonds. The molecule has 0 aliphatic carbocycles. The predicted octanol–water partition coefficient (Wildman–Crippen LogP) is 7.90. The van der Waals surface area contributed by atoms with E-state index in [9.17, 15) is 14.7 Å². The number of aryl methyl sites for hydroxylation is 1. The Morgan fingerprint density at radius 1 is 0.897 bits per heavy atom. The summed E-state index contributed by atoms with van der Waals surface area (Å²) in [7, 11) is 2.76. The Kier molecular flexibility index (Phi) is 7.95. The molecule has 39 heavy (non-hydrogen) atoms. The molecule has 6 nitrogen and oxygen atoms in total. The van der Waals surface area contributed by atoms with Gasteiger partial charge >= 0.3 is 0 Å². The molecule has 1 N–H and O–H groups in total. The van der Waals surface area contributed by atoms with Gasteiger partial charge in [-0.05, 0) is 47.2 Å². The summed E-state index contributed by atoms with van der Waals surface area (Å²) in [6.45, 7) is 8.11. The van der Waals surface area contributed by atoms with Crippen molar-refractivity contribution in [2.45, 2.75) is 39.2 Å². The summed E-state index contributed by atoms with van der Waals surface area (Å²) in [6.07, 6.45) is 0. The number of hydrogen-bond acceptors (Lipinski definition) is 5. The van der Waals surface area contributed by atoms with Gasteiger partial charge in [-0.2, -0.15) is 0 Å². The molecule has 1 heterocycles. The first-order valence-corrected chi connectivity index (χ1v) is 13.2. The van der Waals surface area contributed by atoms with Gasteiger partial charge < -0.3 is 14.6 Å². The number of aliphatic hydroxyl groups excluding tert-OH is 1. The summed E-state index contributed by atoms with van der Waals surface area (Å²) in [4.78, 5) is 28.5.